The first-order valence-electron chi connectivity index (χ1n) is 6.07. The fourth-order valence-electron chi connectivity index (χ4n) is 1.99. The van der Waals surface area contributed by atoms with Crippen LogP contribution in [0, 0.1) is 6.92 Å². The van der Waals surface area contributed by atoms with E-state index in [9.17, 15) is 4.79 Å². The first kappa shape index (κ1) is 14.4. The van der Waals surface area contributed by atoms with Gasteiger partial charge in [-0.15, -0.1) is 0 Å². The molecule has 0 spiro atoms. The van der Waals surface area contributed by atoms with Crippen LogP contribution >= 0.6 is 0 Å². The smallest absolute Gasteiger partial charge is 0.204 e. The van der Waals surface area contributed by atoms with Crippen LogP contribution in [0.2, 0.25) is 0 Å². The predicted octanol–water partition coefficient (Wildman–Crippen LogP) is 3.26. The number of hydrogen-bond acceptors (Lipinski definition) is 3. The molecular weight excluding hydrogens is 295 g/mol. The number of allylic oxidation sites excluding steroid dienone is 2. The summed E-state index contributed by atoms with van der Waals surface area (Å²) in [5, 5.41) is 0. The van der Waals surface area contributed by atoms with E-state index in [0.717, 1.165) is 17.0 Å². The van der Waals surface area contributed by atoms with Crippen molar-refractivity contribution in [3.8, 4) is 0 Å². The van der Waals surface area contributed by atoms with E-state index in [4.69, 9.17) is 0 Å². The van der Waals surface area contributed by atoms with Crippen LogP contribution in [-0.2, 0) is 16.5 Å². The number of carbonyl (C=O) groups excluding carboxylic acids is 1. The second-order valence-corrected chi connectivity index (χ2v) is 4.43. The predicted molar refractivity (Wildman–Crippen MR) is 75.1 cm³/mol. The molecule has 20 heavy (non-hydrogen) atoms. The van der Waals surface area contributed by atoms with Crippen molar-refractivity contribution in [1.82, 2.24) is 4.98 Å². The number of rotatable bonds is 1. The van der Waals surface area contributed by atoms with Crippen LogP contribution in [-0.4, -0.2) is 16.5 Å². The van der Waals surface area contributed by atoms with Gasteiger partial charge in [-0.3, -0.25) is 9.78 Å². The van der Waals surface area contributed by atoms with Crippen molar-refractivity contribution in [2.45, 2.75) is 6.92 Å². The number of hydrogen-bond donors (Lipinski definition) is 0. The van der Waals surface area contributed by atoms with Gasteiger partial charge in [-0.1, -0.05) is 17.7 Å². The SMILES string of the molecule is Cc1ccc(N=C2C=CC(=O)c3ncccc32)cc1.[Ni]. The van der Waals surface area contributed by atoms with Gasteiger partial charge in [0.2, 0.25) is 5.78 Å². The number of aryl methyl sites for hydroxylation is 1. The van der Waals surface area contributed by atoms with Crippen LogP contribution in [0.1, 0.15) is 21.6 Å². The number of pyridine rings is 1. The van der Waals surface area contributed by atoms with E-state index in [-0.39, 0.29) is 22.3 Å². The number of fused-ring (bicyclic) bond motifs is 1. The molecule has 0 saturated heterocycles. The number of aromatic nitrogens is 1. The topological polar surface area (TPSA) is 42.3 Å². The van der Waals surface area contributed by atoms with Crippen molar-refractivity contribution in [3.63, 3.8) is 0 Å². The van der Waals surface area contributed by atoms with Crippen molar-refractivity contribution >= 4 is 17.2 Å². The molecule has 0 radical (unpaired) electrons. The van der Waals surface area contributed by atoms with Gasteiger partial charge in [0.1, 0.15) is 5.69 Å². The molecule has 0 fully saturated rings. The van der Waals surface area contributed by atoms with E-state index in [0.29, 0.717) is 5.69 Å². The largest absolute Gasteiger partial charge is 0.288 e. The molecule has 102 valence electrons. The van der Waals surface area contributed by atoms with E-state index in [1.54, 1.807) is 12.3 Å². The van der Waals surface area contributed by atoms with Gasteiger partial charge in [-0.2, -0.15) is 0 Å². The maximum Gasteiger partial charge on any atom is 0.204 e. The molecule has 0 amide bonds. The third-order valence-electron chi connectivity index (χ3n) is 2.99. The molecule has 0 atom stereocenters. The normalized spacial score (nSPS) is 14.8. The molecule has 2 aromatic rings. The van der Waals surface area contributed by atoms with Gasteiger partial charge >= 0.3 is 0 Å². The standard InChI is InChI=1S/C16H12N2O.Ni/c1-11-4-6-12(7-5-11)18-14-8-9-15(19)16-13(14)3-2-10-17-16;/h2-10H,1H3;. The second-order valence-electron chi connectivity index (χ2n) is 4.43. The Morgan fingerprint density at radius 2 is 1.80 bits per heavy atom. The van der Waals surface area contributed by atoms with E-state index in [1.807, 2.05) is 43.3 Å². The Morgan fingerprint density at radius 3 is 2.55 bits per heavy atom. The number of nitrogens with zero attached hydrogens (tertiary/aromatic N) is 2. The molecule has 0 unspecified atom stereocenters. The maximum atomic E-state index is 11.7. The van der Waals surface area contributed by atoms with Crippen LogP contribution in [0.5, 0.6) is 0 Å². The summed E-state index contributed by atoms with van der Waals surface area (Å²) in [6.07, 6.45) is 4.88. The van der Waals surface area contributed by atoms with Gasteiger partial charge in [-0.05, 0) is 43.3 Å². The Bertz CT molecular complexity index is 703. The van der Waals surface area contributed by atoms with Crippen LogP contribution in [0.3, 0.4) is 0 Å². The molecule has 1 aromatic heterocycles. The molecule has 0 N–H and O–H groups in total. The Hall–Kier alpha value is -2.06. The molecule has 4 heteroatoms. The molecule has 3 nitrogen and oxygen atoms in total. The zero-order chi connectivity index (χ0) is 13.2. The van der Waals surface area contributed by atoms with Crippen molar-refractivity contribution < 1.29 is 21.3 Å². The number of carbonyl (C=O) groups is 1. The Kier molecular flexibility index (Phi) is 4.26. The van der Waals surface area contributed by atoms with Crippen molar-refractivity contribution in [3.05, 3.63) is 71.6 Å². The summed E-state index contributed by atoms with van der Waals surface area (Å²) in [6.45, 7) is 2.04. The first-order valence-corrected chi connectivity index (χ1v) is 6.07. The van der Waals surface area contributed by atoms with E-state index >= 15 is 0 Å². The summed E-state index contributed by atoms with van der Waals surface area (Å²) >= 11 is 0. The number of aliphatic imine (C=N–C) groups is 1. The molecular formula is C16H12N2NiO. The van der Waals surface area contributed by atoms with Gasteiger partial charge < -0.3 is 0 Å². The minimum atomic E-state index is -0.0709. The molecule has 1 heterocycles. The van der Waals surface area contributed by atoms with E-state index < -0.39 is 0 Å². The summed E-state index contributed by atoms with van der Waals surface area (Å²) in [5.41, 5.74) is 4.09. The van der Waals surface area contributed by atoms with Gasteiger partial charge in [-0.25, -0.2) is 4.99 Å². The fourth-order valence-corrected chi connectivity index (χ4v) is 1.99. The van der Waals surface area contributed by atoms with Crippen LogP contribution in [0.15, 0.2) is 59.7 Å². The molecule has 1 aromatic carbocycles. The Balaban J connectivity index is 0.00000147. The molecule has 1 aliphatic carbocycles. The zero-order valence-electron chi connectivity index (χ0n) is 10.8. The summed E-state index contributed by atoms with van der Waals surface area (Å²) in [4.78, 5) is 20.4. The monoisotopic (exact) mass is 306 g/mol. The van der Waals surface area contributed by atoms with Gasteiger partial charge in [0.05, 0.1) is 11.4 Å². The second kappa shape index (κ2) is 5.93. The first-order chi connectivity index (χ1) is 9.24. The van der Waals surface area contributed by atoms with Gasteiger partial charge in [0, 0.05) is 28.3 Å². The van der Waals surface area contributed by atoms with Crippen molar-refractivity contribution in [2.24, 2.45) is 4.99 Å². The van der Waals surface area contributed by atoms with E-state index in [2.05, 4.69) is 9.98 Å². The molecule has 3 rings (SSSR count). The minimum absolute atomic E-state index is 0. The third-order valence-corrected chi connectivity index (χ3v) is 2.99. The maximum absolute atomic E-state index is 11.7. The quantitative estimate of drug-likeness (QED) is 0.759. The van der Waals surface area contributed by atoms with Crippen LogP contribution < -0.4 is 0 Å². The summed E-state index contributed by atoms with van der Waals surface area (Å²) in [7, 11) is 0. The van der Waals surface area contributed by atoms with Crippen molar-refractivity contribution in [2.75, 3.05) is 0 Å². The molecule has 1 aliphatic rings. The number of ketones is 1. The average molecular weight is 307 g/mol. The third kappa shape index (κ3) is 2.76. The average Bonchev–Trinajstić information content (AvgIpc) is 2.45. The van der Waals surface area contributed by atoms with Crippen LogP contribution in [0.4, 0.5) is 5.69 Å². The minimum Gasteiger partial charge on any atom is -0.288 e. The summed E-state index contributed by atoms with van der Waals surface area (Å²) in [6, 6.07) is 11.6. The Labute approximate surface area is 127 Å². The number of benzene rings is 1. The summed E-state index contributed by atoms with van der Waals surface area (Å²) in [5.74, 6) is -0.0709. The molecule has 0 bridgehead atoms. The fraction of sp³-hybridized carbons (Fsp3) is 0.0625. The van der Waals surface area contributed by atoms with Gasteiger partial charge in [0.15, 0.2) is 0 Å². The van der Waals surface area contributed by atoms with Crippen LogP contribution in [0.25, 0.3) is 0 Å². The van der Waals surface area contributed by atoms with E-state index in [1.165, 1.54) is 11.6 Å². The Morgan fingerprint density at radius 1 is 1.05 bits per heavy atom. The van der Waals surface area contributed by atoms with Gasteiger partial charge in [0.25, 0.3) is 0 Å². The summed E-state index contributed by atoms with van der Waals surface area (Å²) < 4.78 is 0. The molecule has 0 saturated carbocycles. The van der Waals surface area contributed by atoms with Crippen molar-refractivity contribution in [1.29, 1.82) is 0 Å². The zero-order valence-corrected chi connectivity index (χ0v) is 11.8. The molecule has 0 aliphatic heterocycles.